The Hall–Kier alpha value is -4.13. The van der Waals surface area contributed by atoms with Crippen LogP contribution in [0.5, 0.6) is 5.75 Å². The van der Waals surface area contributed by atoms with E-state index in [9.17, 15) is 9.59 Å². The average Bonchev–Trinajstić information content (AvgIpc) is 2.89. The number of ether oxygens (including phenoxy) is 1. The van der Waals surface area contributed by atoms with Gasteiger partial charge in [-0.2, -0.15) is 9.78 Å². The Kier molecular flexibility index (Phi) is 7.22. The van der Waals surface area contributed by atoms with Gasteiger partial charge in [0.25, 0.3) is 11.5 Å². The first-order valence-electron chi connectivity index (χ1n) is 11.4. The minimum atomic E-state index is -0.304. The summed E-state index contributed by atoms with van der Waals surface area (Å²) in [6.45, 7) is 4.32. The molecule has 0 aliphatic carbocycles. The number of carbonyl (C=O) groups excluding carboxylic acids is 1. The maximum absolute atomic E-state index is 13.1. The van der Waals surface area contributed by atoms with Crippen molar-refractivity contribution < 1.29 is 9.53 Å². The van der Waals surface area contributed by atoms with Crippen LogP contribution in [0.4, 0.5) is 5.69 Å². The Morgan fingerprint density at radius 3 is 2.32 bits per heavy atom. The molecule has 0 aliphatic rings. The second-order valence-electron chi connectivity index (χ2n) is 7.83. The van der Waals surface area contributed by atoms with Gasteiger partial charge in [-0.1, -0.05) is 36.4 Å². The molecule has 0 saturated heterocycles. The largest absolute Gasteiger partial charge is 0.497 e. The van der Waals surface area contributed by atoms with E-state index in [-0.39, 0.29) is 17.2 Å². The van der Waals surface area contributed by atoms with Gasteiger partial charge in [-0.25, -0.2) is 0 Å². The van der Waals surface area contributed by atoms with Crippen LogP contribution < -0.4 is 20.5 Å². The van der Waals surface area contributed by atoms with Crippen LogP contribution in [0.1, 0.15) is 23.8 Å². The minimum Gasteiger partial charge on any atom is -0.497 e. The molecule has 1 aromatic heterocycles. The molecule has 0 unspecified atom stereocenters. The maximum Gasteiger partial charge on any atom is 0.279 e. The quantitative estimate of drug-likeness (QED) is 0.385. The fourth-order valence-corrected chi connectivity index (χ4v) is 3.92. The predicted molar refractivity (Wildman–Crippen MR) is 135 cm³/mol. The highest BCUT2D eigenvalue weighted by atomic mass is 16.5. The molecular weight excluding hydrogens is 428 g/mol. The second-order valence-corrected chi connectivity index (χ2v) is 7.83. The zero-order valence-electron chi connectivity index (χ0n) is 19.4. The highest BCUT2D eigenvalue weighted by Gasteiger charge is 2.17. The molecule has 0 spiro atoms. The molecule has 0 radical (unpaired) electrons. The number of benzene rings is 3. The highest BCUT2D eigenvalue weighted by Crippen LogP contribution is 2.17. The molecule has 7 nitrogen and oxygen atoms in total. The Bertz CT molecular complexity index is 1320. The summed E-state index contributed by atoms with van der Waals surface area (Å²) in [6.07, 6.45) is 0.782. The molecule has 7 heteroatoms. The van der Waals surface area contributed by atoms with Crippen LogP contribution >= 0.6 is 0 Å². The topological polar surface area (TPSA) is 76.5 Å². The van der Waals surface area contributed by atoms with E-state index in [0.717, 1.165) is 25.2 Å². The van der Waals surface area contributed by atoms with Gasteiger partial charge >= 0.3 is 0 Å². The number of para-hydroxylation sites is 1. The number of nitrogens with zero attached hydrogens (tertiary/aromatic N) is 3. The summed E-state index contributed by atoms with van der Waals surface area (Å²) in [5, 5.41) is 8.40. The van der Waals surface area contributed by atoms with Gasteiger partial charge in [0.05, 0.1) is 18.2 Å². The van der Waals surface area contributed by atoms with Crippen molar-refractivity contribution in [3.63, 3.8) is 0 Å². The smallest absolute Gasteiger partial charge is 0.279 e. The Labute approximate surface area is 198 Å². The molecular formula is C27H28N4O3. The Balaban J connectivity index is 1.54. The van der Waals surface area contributed by atoms with E-state index in [1.54, 1.807) is 55.6 Å². The number of anilines is 1. The molecule has 1 amide bonds. The van der Waals surface area contributed by atoms with Crippen molar-refractivity contribution in [1.82, 2.24) is 15.1 Å². The van der Waals surface area contributed by atoms with Crippen molar-refractivity contribution >= 4 is 22.4 Å². The van der Waals surface area contributed by atoms with Gasteiger partial charge in [0.1, 0.15) is 5.75 Å². The van der Waals surface area contributed by atoms with Crippen LogP contribution in [-0.4, -0.2) is 42.4 Å². The Morgan fingerprint density at radius 1 is 0.971 bits per heavy atom. The van der Waals surface area contributed by atoms with Crippen molar-refractivity contribution in [3.05, 3.63) is 94.9 Å². The number of hydrogen-bond donors (Lipinski definition) is 1. The van der Waals surface area contributed by atoms with Crippen LogP contribution in [-0.2, 0) is 0 Å². The van der Waals surface area contributed by atoms with Gasteiger partial charge in [0.15, 0.2) is 5.69 Å². The first-order valence-corrected chi connectivity index (χ1v) is 11.4. The first kappa shape index (κ1) is 23.0. The number of methoxy groups -OCH3 is 1. The first-order chi connectivity index (χ1) is 16.6. The molecule has 4 rings (SSSR count). The number of aromatic nitrogens is 2. The number of carbonyl (C=O) groups is 1. The summed E-state index contributed by atoms with van der Waals surface area (Å²) >= 11 is 0. The molecule has 3 aromatic carbocycles. The molecule has 1 heterocycles. The van der Waals surface area contributed by atoms with Gasteiger partial charge in [0.2, 0.25) is 0 Å². The van der Waals surface area contributed by atoms with E-state index in [4.69, 9.17) is 4.74 Å². The van der Waals surface area contributed by atoms with Crippen LogP contribution in [0.25, 0.3) is 16.5 Å². The third kappa shape index (κ3) is 4.93. The summed E-state index contributed by atoms with van der Waals surface area (Å²) in [7, 11) is 1.58. The lowest BCUT2D eigenvalue weighted by molar-refractivity contribution is 0.0948. The summed E-state index contributed by atoms with van der Waals surface area (Å²) in [4.78, 5) is 28.5. The van der Waals surface area contributed by atoms with Crippen LogP contribution in [0.15, 0.2) is 83.7 Å². The van der Waals surface area contributed by atoms with E-state index < -0.39 is 0 Å². The highest BCUT2D eigenvalue weighted by molar-refractivity contribution is 6.04. The molecule has 0 saturated carbocycles. The lowest BCUT2D eigenvalue weighted by Gasteiger charge is -2.23. The minimum absolute atomic E-state index is 0.224. The molecule has 34 heavy (non-hydrogen) atoms. The van der Waals surface area contributed by atoms with Crippen molar-refractivity contribution in [2.45, 2.75) is 13.3 Å². The van der Waals surface area contributed by atoms with E-state index >= 15 is 0 Å². The molecule has 0 bridgehead atoms. The van der Waals surface area contributed by atoms with E-state index in [2.05, 4.69) is 34.4 Å². The van der Waals surface area contributed by atoms with Crippen LogP contribution in [0.3, 0.4) is 0 Å². The fourth-order valence-electron chi connectivity index (χ4n) is 3.92. The van der Waals surface area contributed by atoms with Gasteiger partial charge in [-0.05, 0) is 55.8 Å². The molecule has 1 N–H and O–H groups in total. The van der Waals surface area contributed by atoms with Crippen molar-refractivity contribution in [2.24, 2.45) is 0 Å². The SMILES string of the molecule is CCN(CCCNC(=O)c1nn(-c2ccc(OC)cc2)c(=O)c2ccccc12)c1ccccc1. The normalized spacial score (nSPS) is 10.8. The predicted octanol–water partition coefficient (Wildman–Crippen LogP) is 4.04. The lowest BCUT2D eigenvalue weighted by Crippen LogP contribution is -2.32. The summed E-state index contributed by atoms with van der Waals surface area (Å²) < 4.78 is 6.47. The van der Waals surface area contributed by atoms with Gasteiger partial charge in [-0.3, -0.25) is 9.59 Å². The molecule has 0 fully saturated rings. The third-order valence-corrected chi connectivity index (χ3v) is 5.73. The van der Waals surface area contributed by atoms with Gasteiger partial charge < -0.3 is 15.0 Å². The average molecular weight is 457 g/mol. The molecule has 4 aromatic rings. The number of fused-ring (bicyclic) bond motifs is 1. The molecule has 174 valence electrons. The molecule has 0 atom stereocenters. The maximum atomic E-state index is 13.1. The monoisotopic (exact) mass is 456 g/mol. The zero-order valence-corrected chi connectivity index (χ0v) is 19.4. The number of hydrogen-bond acceptors (Lipinski definition) is 5. The van der Waals surface area contributed by atoms with Crippen LogP contribution in [0.2, 0.25) is 0 Å². The number of nitrogens with one attached hydrogen (secondary N) is 1. The van der Waals surface area contributed by atoms with E-state index in [1.165, 1.54) is 4.68 Å². The molecule has 0 aliphatic heterocycles. The van der Waals surface area contributed by atoms with Crippen molar-refractivity contribution in [3.8, 4) is 11.4 Å². The van der Waals surface area contributed by atoms with Gasteiger partial charge in [0, 0.05) is 30.7 Å². The summed E-state index contributed by atoms with van der Waals surface area (Å²) in [5.41, 5.74) is 1.67. The van der Waals surface area contributed by atoms with Crippen LogP contribution in [0, 0.1) is 0 Å². The second kappa shape index (κ2) is 10.7. The number of amides is 1. The summed E-state index contributed by atoms with van der Waals surface area (Å²) in [5.74, 6) is 0.369. The van der Waals surface area contributed by atoms with Crippen molar-refractivity contribution in [1.29, 1.82) is 0 Å². The van der Waals surface area contributed by atoms with E-state index in [0.29, 0.717) is 28.8 Å². The Morgan fingerprint density at radius 2 is 1.65 bits per heavy atom. The zero-order chi connectivity index (χ0) is 23.9. The standard InChI is InChI=1S/C27H28N4O3/c1-3-30(20-10-5-4-6-11-20)19-9-18-28-26(32)25-23-12-7-8-13-24(23)27(33)31(29-25)21-14-16-22(34-2)17-15-21/h4-8,10-17H,3,9,18-19H2,1-2H3,(H,28,32). The van der Waals surface area contributed by atoms with Gasteiger partial charge in [-0.15, -0.1) is 0 Å². The van der Waals surface area contributed by atoms with E-state index in [1.807, 2.05) is 18.2 Å². The third-order valence-electron chi connectivity index (χ3n) is 5.73. The lowest BCUT2D eigenvalue weighted by atomic mass is 10.1. The summed E-state index contributed by atoms with van der Waals surface area (Å²) in [6, 6.07) is 24.3. The fraction of sp³-hybridized carbons (Fsp3) is 0.222. The van der Waals surface area contributed by atoms with Crippen molar-refractivity contribution in [2.75, 3.05) is 31.6 Å². The number of rotatable bonds is 9.